The number of amides is 1. The maximum atomic E-state index is 12.2. The standard InChI is InChI=1S/C15H19N3O4/c1-20-12-9-11(10-13(21-2)14(12)22-3)15(19)16-6-8-18-7-4-5-17-18/h4-5,7,9-10H,6,8H2,1-3H3,(H,16,19). The van der Waals surface area contributed by atoms with Crippen LogP contribution in [0.5, 0.6) is 17.2 Å². The van der Waals surface area contributed by atoms with E-state index in [1.807, 2.05) is 12.3 Å². The number of nitrogens with one attached hydrogen (secondary N) is 1. The molecule has 0 bridgehead atoms. The third-order valence-electron chi connectivity index (χ3n) is 3.11. The van der Waals surface area contributed by atoms with Crippen molar-refractivity contribution in [2.45, 2.75) is 6.54 Å². The number of aromatic nitrogens is 2. The average Bonchev–Trinajstić information content (AvgIpc) is 3.06. The highest BCUT2D eigenvalue weighted by atomic mass is 16.5. The van der Waals surface area contributed by atoms with Crippen LogP contribution in [0.1, 0.15) is 10.4 Å². The molecule has 0 radical (unpaired) electrons. The van der Waals surface area contributed by atoms with Gasteiger partial charge in [-0.3, -0.25) is 9.48 Å². The lowest BCUT2D eigenvalue weighted by Gasteiger charge is -2.14. The van der Waals surface area contributed by atoms with Gasteiger partial charge in [0.2, 0.25) is 5.75 Å². The van der Waals surface area contributed by atoms with E-state index in [9.17, 15) is 4.79 Å². The first-order valence-electron chi connectivity index (χ1n) is 6.75. The Kier molecular flexibility index (Phi) is 5.24. The summed E-state index contributed by atoms with van der Waals surface area (Å²) >= 11 is 0. The van der Waals surface area contributed by atoms with Gasteiger partial charge >= 0.3 is 0 Å². The van der Waals surface area contributed by atoms with E-state index >= 15 is 0 Å². The van der Waals surface area contributed by atoms with E-state index in [0.29, 0.717) is 35.9 Å². The second-order valence-corrected chi connectivity index (χ2v) is 4.44. The fourth-order valence-electron chi connectivity index (χ4n) is 2.03. The SMILES string of the molecule is COc1cc(C(=O)NCCn2cccn2)cc(OC)c1OC. The van der Waals surface area contributed by atoms with Gasteiger partial charge in [-0.25, -0.2) is 0 Å². The second-order valence-electron chi connectivity index (χ2n) is 4.44. The fraction of sp³-hybridized carbons (Fsp3) is 0.333. The average molecular weight is 305 g/mol. The first kappa shape index (κ1) is 15.7. The molecule has 0 atom stereocenters. The number of carbonyl (C=O) groups excluding carboxylic acids is 1. The number of rotatable bonds is 7. The summed E-state index contributed by atoms with van der Waals surface area (Å²) < 4.78 is 17.4. The molecule has 22 heavy (non-hydrogen) atoms. The van der Waals surface area contributed by atoms with Crippen LogP contribution in [0.15, 0.2) is 30.6 Å². The van der Waals surface area contributed by atoms with Crippen molar-refractivity contribution in [1.29, 1.82) is 0 Å². The number of nitrogens with zero attached hydrogens (tertiary/aromatic N) is 2. The Balaban J connectivity index is 2.08. The molecule has 1 N–H and O–H groups in total. The van der Waals surface area contributed by atoms with Gasteiger partial charge in [0.1, 0.15) is 0 Å². The largest absolute Gasteiger partial charge is 0.493 e. The molecule has 118 valence electrons. The van der Waals surface area contributed by atoms with Gasteiger partial charge in [-0.05, 0) is 18.2 Å². The zero-order chi connectivity index (χ0) is 15.9. The molecule has 1 heterocycles. The van der Waals surface area contributed by atoms with Gasteiger partial charge in [0.15, 0.2) is 11.5 Å². The van der Waals surface area contributed by atoms with Gasteiger partial charge in [-0.1, -0.05) is 0 Å². The van der Waals surface area contributed by atoms with E-state index in [4.69, 9.17) is 14.2 Å². The van der Waals surface area contributed by atoms with Crippen LogP contribution < -0.4 is 19.5 Å². The number of hydrogen-bond donors (Lipinski definition) is 1. The smallest absolute Gasteiger partial charge is 0.251 e. The molecule has 1 aromatic carbocycles. The molecule has 0 aliphatic heterocycles. The Bertz CT molecular complexity index is 601. The minimum atomic E-state index is -0.216. The molecule has 0 fully saturated rings. The predicted molar refractivity (Wildman–Crippen MR) is 80.7 cm³/mol. The maximum absolute atomic E-state index is 12.2. The fourth-order valence-corrected chi connectivity index (χ4v) is 2.03. The molecule has 7 heteroatoms. The van der Waals surface area contributed by atoms with Gasteiger partial charge in [-0.2, -0.15) is 5.10 Å². The van der Waals surface area contributed by atoms with E-state index in [1.165, 1.54) is 21.3 Å². The lowest BCUT2D eigenvalue weighted by Crippen LogP contribution is -2.27. The zero-order valence-electron chi connectivity index (χ0n) is 12.8. The minimum Gasteiger partial charge on any atom is -0.493 e. The Labute approximate surface area is 128 Å². The number of methoxy groups -OCH3 is 3. The molecule has 0 unspecified atom stereocenters. The predicted octanol–water partition coefficient (Wildman–Crippen LogP) is 1.34. The van der Waals surface area contributed by atoms with Gasteiger partial charge in [0.05, 0.1) is 27.9 Å². The highest BCUT2D eigenvalue weighted by Crippen LogP contribution is 2.38. The summed E-state index contributed by atoms with van der Waals surface area (Å²) in [7, 11) is 4.54. The highest BCUT2D eigenvalue weighted by molar-refractivity contribution is 5.95. The van der Waals surface area contributed by atoms with E-state index in [1.54, 1.807) is 23.0 Å². The van der Waals surface area contributed by atoms with Gasteiger partial charge < -0.3 is 19.5 Å². The van der Waals surface area contributed by atoms with E-state index < -0.39 is 0 Å². The molecular weight excluding hydrogens is 286 g/mol. The summed E-state index contributed by atoms with van der Waals surface area (Å²) in [6, 6.07) is 5.07. The first-order chi connectivity index (χ1) is 10.7. The Morgan fingerprint density at radius 2 is 1.86 bits per heavy atom. The van der Waals surface area contributed by atoms with E-state index in [2.05, 4.69) is 10.4 Å². The maximum Gasteiger partial charge on any atom is 0.251 e. The third-order valence-corrected chi connectivity index (χ3v) is 3.11. The Hall–Kier alpha value is -2.70. The molecule has 7 nitrogen and oxygen atoms in total. The summed E-state index contributed by atoms with van der Waals surface area (Å²) in [4.78, 5) is 12.2. The van der Waals surface area contributed by atoms with Gasteiger partial charge in [0, 0.05) is 24.5 Å². The summed E-state index contributed by atoms with van der Waals surface area (Å²) in [6.07, 6.45) is 3.53. The van der Waals surface area contributed by atoms with Gasteiger partial charge in [0.25, 0.3) is 5.91 Å². The Morgan fingerprint density at radius 1 is 1.18 bits per heavy atom. The summed E-state index contributed by atoms with van der Waals surface area (Å²) in [6.45, 7) is 1.07. The topological polar surface area (TPSA) is 74.6 Å². The van der Waals surface area contributed by atoms with Crippen molar-refractivity contribution in [2.75, 3.05) is 27.9 Å². The summed E-state index contributed by atoms with van der Waals surface area (Å²) in [5.41, 5.74) is 0.440. The number of benzene rings is 1. The molecule has 1 aromatic heterocycles. The molecule has 2 rings (SSSR count). The summed E-state index contributed by atoms with van der Waals surface area (Å²) in [5, 5.41) is 6.90. The molecular formula is C15H19N3O4. The van der Waals surface area contributed by atoms with Crippen LogP contribution in [0, 0.1) is 0 Å². The van der Waals surface area contributed by atoms with Crippen molar-refractivity contribution in [3.63, 3.8) is 0 Å². The van der Waals surface area contributed by atoms with Crippen LogP contribution in [0.25, 0.3) is 0 Å². The summed E-state index contributed by atoms with van der Waals surface area (Å²) in [5.74, 6) is 1.13. The van der Waals surface area contributed by atoms with Crippen LogP contribution in [0.2, 0.25) is 0 Å². The van der Waals surface area contributed by atoms with Crippen LogP contribution in [0.3, 0.4) is 0 Å². The number of hydrogen-bond acceptors (Lipinski definition) is 5. The molecule has 0 saturated heterocycles. The van der Waals surface area contributed by atoms with Crippen LogP contribution >= 0.6 is 0 Å². The molecule has 0 saturated carbocycles. The molecule has 2 aromatic rings. The van der Waals surface area contributed by atoms with Crippen molar-refractivity contribution in [3.8, 4) is 17.2 Å². The number of carbonyl (C=O) groups is 1. The van der Waals surface area contributed by atoms with Crippen molar-refractivity contribution in [2.24, 2.45) is 0 Å². The molecule has 0 spiro atoms. The second kappa shape index (κ2) is 7.35. The van der Waals surface area contributed by atoms with Crippen LogP contribution in [-0.4, -0.2) is 43.6 Å². The van der Waals surface area contributed by atoms with E-state index in [-0.39, 0.29) is 5.91 Å². The van der Waals surface area contributed by atoms with Crippen molar-refractivity contribution >= 4 is 5.91 Å². The molecule has 0 aliphatic rings. The van der Waals surface area contributed by atoms with Crippen LogP contribution in [-0.2, 0) is 6.54 Å². The zero-order valence-corrected chi connectivity index (χ0v) is 12.8. The minimum absolute atomic E-state index is 0.216. The lowest BCUT2D eigenvalue weighted by molar-refractivity contribution is 0.0951. The van der Waals surface area contributed by atoms with E-state index in [0.717, 1.165) is 0 Å². The normalized spacial score (nSPS) is 10.1. The highest BCUT2D eigenvalue weighted by Gasteiger charge is 2.16. The quantitative estimate of drug-likeness (QED) is 0.835. The van der Waals surface area contributed by atoms with Crippen LogP contribution in [0.4, 0.5) is 0 Å². The Morgan fingerprint density at radius 3 is 2.36 bits per heavy atom. The monoisotopic (exact) mass is 305 g/mol. The van der Waals surface area contributed by atoms with Crippen molar-refractivity contribution in [3.05, 3.63) is 36.2 Å². The first-order valence-corrected chi connectivity index (χ1v) is 6.75. The molecule has 0 aliphatic carbocycles. The van der Waals surface area contributed by atoms with Gasteiger partial charge in [-0.15, -0.1) is 0 Å². The lowest BCUT2D eigenvalue weighted by atomic mass is 10.1. The number of ether oxygens (including phenoxy) is 3. The van der Waals surface area contributed by atoms with Crippen molar-refractivity contribution in [1.82, 2.24) is 15.1 Å². The van der Waals surface area contributed by atoms with Crippen molar-refractivity contribution < 1.29 is 19.0 Å². The third kappa shape index (κ3) is 3.49. The molecule has 1 amide bonds.